The van der Waals surface area contributed by atoms with Crippen LogP contribution in [0.3, 0.4) is 0 Å². The molecule has 1 aromatic carbocycles. The van der Waals surface area contributed by atoms with E-state index >= 15 is 0 Å². The Kier molecular flexibility index (Phi) is 6.85. The Labute approximate surface area is 149 Å². The Bertz CT molecular complexity index is 586. The van der Waals surface area contributed by atoms with Crippen LogP contribution in [0.5, 0.6) is 11.5 Å². The second kappa shape index (κ2) is 8.87. The molecule has 0 unspecified atom stereocenters. The number of carbonyl (C=O) groups excluding carboxylic acids is 1. The molecule has 0 bridgehead atoms. The minimum absolute atomic E-state index is 0.0129. The first-order valence-electron chi connectivity index (χ1n) is 8.38. The number of amides is 1. The third-order valence-electron chi connectivity index (χ3n) is 3.82. The number of nitrogens with one attached hydrogen (secondary N) is 2. The fourth-order valence-electron chi connectivity index (χ4n) is 2.13. The molecule has 0 saturated heterocycles. The van der Waals surface area contributed by atoms with Crippen LogP contribution >= 0.6 is 12.2 Å². The average molecular weight is 350 g/mol. The maximum absolute atomic E-state index is 11.6. The van der Waals surface area contributed by atoms with E-state index in [4.69, 9.17) is 21.7 Å². The standard InChI is InChI=1S/C18H26N2O3S/c1-12(2)8-9-23-15-7-4-13(10-16(15)22-3)11-19-18(24)20-17(21)14-5-6-14/h4,7,10,12,14H,5-6,8-9,11H2,1-3H3,(H2,19,20,21,24). The predicted molar refractivity (Wildman–Crippen MR) is 98.2 cm³/mol. The van der Waals surface area contributed by atoms with E-state index in [0.29, 0.717) is 29.9 Å². The van der Waals surface area contributed by atoms with Crippen LogP contribution in [0.4, 0.5) is 0 Å². The Hall–Kier alpha value is -1.82. The van der Waals surface area contributed by atoms with E-state index in [9.17, 15) is 4.79 Å². The van der Waals surface area contributed by atoms with Crippen molar-refractivity contribution in [2.24, 2.45) is 11.8 Å². The molecule has 2 rings (SSSR count). The van der Waals surface area contributed by atoms with Gasteiger partial charge in [0.2, 0.25) is 5.91 Å². The van der Waals surface area contributed by atoms with Gasteiger partial charge >= 0.3 is 0 Å². The number of hydrogen-bond acceptors (Lipinski definition) is 4. The first kappa shape index (κ1) is 18.5. The molecule has 132 valence electrons. The van der Waals surface area contributed by atoms with E-state index in [-0.39, 0.29) is 11.8 Å². The van der Waals surface area contributed by atoms with Gasteiger partial charge in [-0.1, -0.05) is 19.9 Å². The lowest BCUT2D eigenvalue weighted by Crippen LogP contribution is -2.39. The quantitative estimate of drug-likeness (QED) is 0.706. The summed E-state index contributed by atoms with van der Waals surface area (Å²) in [5.74, 6) is 2.20. The molecule has 5 nitrogen and oxygen atoms in total. The van der Waals surface area contributed by atoms with Crippen LogP contribution < -0.4 is 20.1 Å². The van der Waals surface area contributed by atoms with Crippen LogP contribution in [0.25, 0.3) is 0 Å². The molecule has 0 spiro atoms. The van der Waals surface area contributed by atoms with Crippen molar-refractivity contribution in [1.82, 2.24) is 10.6 Å². The highest BCUT2D eigenvalue weighted by Gasteiger charge is 2.29. The molecule has 6 heteroatoms. The second-order valence-electron chi connectivity index (χ2n) is 6.46. The smallest absolute Gasteiger partial charge is 0.229 e. The van der Waals surface area contributed by atoms with Gasteiger partial charge in [0.15, 0.2) is 16.6 Å². The monoisotopic (exact) mass is 350 g/mol. The highest BCUT2D eigenvalue weighted by Crippen LogP contribution is 2.29. The van der Waals surface area contributed by atoms with Gasteiger partial charge in [0.25, 0.3) is 0 Å². The highest BCUT2D eigenvalue weighted by molar-refractivity contribution is 7.80. The number of methoxy groups -OCH3 is 1. The third kappa shape index (κ3) is 6.00. The van der Waals surface area contributed by atoms with E-state index in [2.05, 4.69) is 24.5 Å². The van der Waals surface area contributed by atoms with Crippen molar-refractivity contribution in [3.8, 4) is 11.5 Å². The second-order valence-corrected chi connectivity index (χ2v) is 6.87. The van der Waals surface area contributed by atoms with Crippen molar-refractivity contribution in [3.05, 3.63) is 23.8 Å². The molecular weight excluding hydrogens is 324 g/mol. The topological polar surface area (TPSA) is 59.6 Å². The van der Waals surface area contributed by atoms with Gasteiger partial charge in [-0.2, -0.15) is 0 Å². The van der Waals surface area contributed by atoms with Crippen molar-refractivity contribution in [3.63, 3.8) is 0 Å². The first-order valence-corrected chi connectivity index (χ1v) is 8.78. The Balaban J connectivity index is 1.84. The van der Waals surface area contributed by atoms with E-state index < -0.39 is 0 Å². The molecule has 1 aliphatic rings. The maximum Gasteiger partial charge on any atom is 0.229 e. The average Bonchev–Trinajstić information content (AvgIpc) is 3.38. The normalized spacial score (nSPS) is 13.5. The van der Waals surface area contributed by atoms with Gasteiger partial charge in [0.05, 0.1) is 13.7 Å². The molecule has 1 fully saturated rings. The largest absolute Gasteiger partial charge is 0.493 e. The lowest BCUT2D eigenvalue weighted by molar-refractivity contribution is -0.120. The molecule has 0 aromatic heterocycles. The number of rotatable bonds is 8. The Morgan fingerprint density at radius 3 is 2.71 bits per heavy atom. The van der Waals surface area contributed by atoms with Crippen molar-refractivity contribution >= 4 is 23.2 Å². The van der Waals surface area contributed by atoms with Gasteiger partial charge in [0.1, 0.15) is 0 Å². The molecule has 0 radical (unpaired) electrons. The number of carbonyl (C=O) groups is 1. The van der Waals surface area contributed by atoms with Crippen LogP contribution in [-0.4, -0.2) is 24.7 Å². The zero-order valence-electron chi connectivity index (χ0n) is 14.6. The highest BCUT2D eigenvalue weighted by atomic mass is 32.1. The minimum Gasteiger partial charge on any atom is -0.493 e. The molecule has 1 aliphatic carbocycles. The van der Waals surface area contributed by atoms with Gasteiger partial charge in [-0.3, -0.25) is 4.79 Å². The lowest BCUT2D eigenvalue weighted by Gasteiger charge is -2.14. The number of benzene rings is 1. The number of ether oxygens (including phenoxy) is 2. The summed E-state index contributed by atoms with van der Waals surface area (Å²) in [7, 11) is 1.63. The summed E-state index contributed by atoms with van der Waals surface area (Å²) in [5, 5.41) is 6.12. The molecule has 1 amide bonds. The van der Waals surface area contributed by atoms with E-state index in [0.717, 1.165) is 30.6 Å². The van der Waals surface area contributed by atoms with Crippen LogP contribution in [0, 0.1) is 11.8 Å². The zero-order chi connectivity index (χ0) is 17.5. The molecule has 1 saturated carbocycles. The minimum atomic E-state index is 0.0129. The van der Waals surface area contributed by atoms with Gasteiger partial charge in [-0.25, -0.2) is 0 Å². The van der Waals surface area contributed by atoms with Crippen LogP contribution in [0.15, 0.2) is 18.2 Å². The molecule has 24 heavy (non-hydrogen) atoms. The predicted octanol–water partition coefficient (Wildman–Crippen LogP) is 3.02. The molecule has 2 N–H and O–H groups in total. The summed E-state index contributed by atoms with van der Waals surface area (Å²) in [6, 6.07) is 5.79. The van der Waals surface area contributed by atoms with E-state index in [1.165, 1.54) is 0 Å². The summed E-state index contributed by atoms with van der Waals surface area (Å²) in [5.41, 5.74) is 1.01. The fraction of sp³-hybridized carbons (Fsp3) is 0.556. The summed E-state index contributed by atoms with van der Waals surface area (Å²) in [6.45, 7) is 5.52. The molecule has 0 heterocycles. The van der Waals surface area contributed by atoms with E-state index in [1.54, 1.807) is 7.11 Å². The molecular formula is C18H26N2O3S. The Morgan fingerprint density at radius 2 is 2.08 bits per heavy atom. The number of thiocarbonyl (C=S) groups is 1. The van der Waals surface area contributed by atoms with Crippen LogP contribution in [0.2, 0.25) is 0 Å². The van der Waals surface area contributed by atoms with Crippen molar-refractivity contribution in [2.45, 2.75) is 39.7 Å². The van der Waals surface area contributed by atoms with E-state index in [1.807, 2.05) is 18.2 Å². The summed E-state index contributed by atoms with van der Waals surface area (Å²) in [4.78, 5) is 11.6. The lowest BCUT2D eigenvalue weighted by atomic mass is 10.1. The van der Waals surface area contributed by atoms with Gasteiger partial charge < -0.3 is 20.1 Å². The van der Waals surface area contributed by atoms with Gasteiger partial charge in [-0.15, -0.1) is 0 Å². The fourth-order valence-corrected chi connectivity index (χ4v) is 2.30. The summed E-state index contributed by atoms with van der Waals surface area (Å²) in [6.07, 6.45) is 2.93. The first-order chi connectivity index (χ1) is 11.5. The van der Waals surface area contributed by atoms with Gasteiger partial charge in [0, 0.05) is 12.5 Å². The molecule has 0 atom stereocenters. The van der Waals surface area contributed by atoms with Crippen LogP contribution in [-0.2, 0) is 11.3 Å². The van der Waals surface area contributed by atoms with Gasteiger partial charge in [-0.05, 0) is 55.1 Å². The maximum atomic E-state index is 11.6. The summed E-state index contributed by atoms with van der Waals surface area (Å²) < 4.78 is 11.2. The van der Waals surface area contributed by atoms with Crippen molar-refractivity contribution in [1.29, 1.82) is 0 Å². The SMILES string of the molecule is COc1cc(CNC(=S)NC(=O)C2CC2)ccc1OCCC(C)C. The van der Waals surface area contributed by atoms with Crippen molar-refractivity contribution < 1.29 is 14.3 Å². The molecule has 1 aromatic rings. The molecule has 0 aliphatic heterocycles. The summed E-state index contributed by atoms with van der Waals surface area (Å²) >= 11 is 5.15. The third-order valence-corrected chi connectivity index (χ3v) is 4.07. The number of hydrogen-bond donors (Lipinski definition) is 2. The van der Waals surface area contributed by atoms with Crippen molar-refractivity contribution in [2.75, 3.05) is 13.7 Å². The Morgan fingerprint density at radius 1 is 1.33 bits per heavy atom. The van der Waals surface area contributed by atoms with Crippen LogP contribution in [0.1, 0.15) is 38.7 Å². The zero-order valence-corrected chi connectivity index (χ0v) is 15.4.